The number of anilines is 1. The zero-order chi connectivity index (χ0) is 24.7. The number of carbonyl (C=O) groups is 1. The Kier molecular flexibility index (Phi) is 6.65. The van der Waals surface area contributed by atoms with Crippen molar-refractivity contribution in [3.8, 4) is 0 Å². The summed E-state index contributed by atoms with van der Waals surface area (Å²) in [6.45, 7) is 3.50. The van der Waals surface area contributed by atoms with Crippen LogP contribution in [0.2, 0.25) is 0 Å². The first-order valence-electron chi connectivity index (χ1n) is 11.3. The van der Waals surface area contributed by atoms with Gasteiger partial charge in [-0.05, 0) is 63.1 Å². The highest BCUT2D eigenvalue weighted by Gasteiger charge is 2.37. The van der Waals surface area contributed by atoms with E-state index >= 15 is 0 Å². The second-order valence-electron chi connectivity index (χ2n) is 9.78. The number of rotatable bonds is 8. The van der Waals surface area contributed by atoms with Crippen molar-refractivity contribution in [3.05, 3.63) is 48.2 Å². The first-order chi connectivity index (χ1) is 15.9. The van der Waals surface area contributed by atoms with Crippen molar-refractivity contribution in [2.75, 3.05) is 5.32 Å². The minimum absolute atomic E-state index is 0.0215. The van der Waals surface area contributed by atoms with E-state index in [1.807, 2.05) is 0 Å². The summed E-state index contributed by atoms with van der Waals surface area (Å²) in [5, 5.41) is 16.5. The summed E-state index contributed by atoms with van der Waals surface area (Å²) in [7, 11) is -3.38. The summed E-state index contributed by atoms with van der Waals surface area (Å²) in [5.41, 5.74) is -0.352. The Balaban J connectivity index is 1.59. The summed E-state index contributed by atoms with van der Waals surface area (Å²) < 4.78 is 54.0. The third-order valence-electron chi connectivity index (χ3n) is 5.98. The molecule has 1 heterocycles. The summed E-state index contributed by atoms with van der Waals surface area (Å²) in [6.07, 6.45) is 1.27. The molecule has 0 bridgehead atoms. The molecule has 1 aromatic carbocycles. The average Bonchev–Trinajstić information content (AvgIpc) is 3.46. The Bertz CT molecular complexity index is 1170. The van der Waals surface area contributed by atoms with Gasteiger partial charge in [0.05, 0.1) is 22.3 Å². The molecule has 34 heavy (non-hydrogen) atoms. The Labute approximate surface area is 197 Å². The van der Waals surface area contributed by atoms with E-state index in [0.29, 0.717) is 18.4 Å². The monoisotopic (exact) mass is 493 g/mol. The number of halogens is 2. The average molecular weight is 494 g/mol. The van der Waals surface area contributed by atoms with Crippen molar-refractivity contribution in [1.82, 2.24) is 9.78 Å². The van der Waals surface area contributed by atoms with E-state index in [4.69, 9.17) is 0 Å². The van der Waals surface area contributed by atoms with E-state index in [-0.39, 0.29) is 40.9 Å². The van der Waals surface area contributed by atoms with Gasteiger partial charge in [0, 0.05) is 17.8 Å². The summed E-state index contributed by atoms with van der Waals surface area (Å²) in [5.74, 6) is -0.733. The van der Waals surface area contributed by atoms with Crippen molar-refractivity contribution >= 4 is 27.1 Å². The maximum atomic E-state index is 13.8. The molecular weight excluding hydrogens is 464 g/mol. The van der Waals surface area contributed by atoms with Gasteiger partial charge in [-0.3, -0.25) is 9.48 Å². The van der Waals surface area contributed by atoms with Gasteiger partial charge < -0.3 is 10.4 Å². The molecular formula is C24H29F2N3O4S. The van der Waals surface area contributed by atoms with Crippen molar-refractivity contribution in [2.45, 2.75) is 74.2 Å². The van der Waals surface area contributed by atoms with Crippen LogP contribution in [0.5, 0.6) is 0 Å². The topological polar surface area (TPSA) is 101 Å². The lowest BCUT2D eigenvalue weighted by Gasteiger charge is -2.16. The molecule has 2 atom stereocenters. The Morgan fingerprint density at radius 1 is 1.18 bits per heavy atom. The molecule has 1 amide bonds. The number of carbonyl (C=O) groups excluding carboxylic acids is 1. The fourth-order valence-electron chi connectivity index (χ4n) is 4.14. The number of allylic oxidation sites excluding steroid dienone is 1. The lowest BCUT2D eigenvalue weighted by Crippen LogP contribution is -2.26. The quantitative estimate of drug-likeness (QED) is 0.546. The number of sulfone groups is 1. The molecule has 2 aliphatic rings. The second-order valence-corrected chi connectivity index (χ2v) is 12.0. The number of nitrogens with zero attached hydrogens (tertiary/aromatic N) is 2. The highest BCUT2D eigenvalue weighted by atomic mass is 32.2. The first-order valence-corrected chi connectivity index (χ1v) is 12.9. The molecule has 2 fully saturated rings. The molecule has 2 N–H and O–H groups in total. The fraction of sp³-hybridized carbons (Fsp3) is 0.500. The standard InChI is InChI=1S/C24H29F2N3O4S/c1-24(2,31)14-29-10-9-22(28-29)27-23(30)19(11-15-12-20(25)21(26)13-15)16-3-5-17(6-4-16)34(32,33)18-7-8-18/h3-6,9-11,15,18,20-21,31H,7-8,12-14H2,1-2H3,(H,27,28,30)/b19-11+. The number of hydrogen-bond acceptors (Lipinski definition) is 5. The van der Waals surface area contributed by atoms with Gasteiger partial charge in [0.25, 0.3) is 5.91 Å². The third-order valence-corrected chi connectivity index (χ3v) is 8.26. The maximum absolute atomic E-state index is 13.8. The number of benzene rings is 1. The third kappa shape index (κ3) is 5.72. The lowest BCUT2D eigenvalue weighted by molar-refractivity contribution is -0.111. The maximum Gasteiger partial charge on any atom is 0.257 e. The molecule has 0 spiro atoms. The van der Waals surface area contributed by atoms with Crippen molar-refractivity contribution < 1.29 is 27.1 Å². The lowest BCUT2D eigenvalue weighted by atomic mass is 9.98. The largest absolute Gasteiger partial charge is 0.389 e. The molecule has 0 aliphatic heterocycles. The van der Waals surface area contributed by atoms with E-state index in [0.717, 1.165) is 0 Å². The van der Waals surface area contributed by atoms with Gasteiger partial charge in [-0.15, -0.1) is 0 Å². The van der Waals surface area contributed by atoms with Gasteiger partial charge >= 0.3 is 0 Å². The Hall–Kier alpha value is -2.59. The van der Waals surface area contributed by atoms with Crippen LogP contribution in [0.25, 0.3) is 5.57 Å². The van der Waals surface area contributed by atoms with Gasteiger partial charge in [0.15, 0.2) is 15.7 Å². The molecule has 7 nitrogen and oxygen atoms in total. The van der Waals surface area contributed by atoms with Gasteiger partial charge in [-0.25, -0.2) is 17.2 Å². The van der Waals surface area contributed by atoms with Crippen molar-refractivity contribution in [1.29, 1.82) is 0 Å². The zero-order valence-corrected chi connectivity index (χ0v) is 19.9. The number of alkyl halides is 2. The second kappa shape index (κ2) is 9.22. The predicted octanol–water partition coefficient (Wildman–Crippen LogP) is 3.70. The summed E-state index contributed by atoms with van der Waals surface area (Å²) in [4.78, 5) is 13.4. The molecule has 184 valence electrons. The molecule has 2 aliphatic carbocycles. The Morgan fingerprint density at radius 3 is 2.35 bits per heavy atom. The van der Waals surface area contributed by atoms with Crippen molar-refractivity contribution in [2.24, 2.45) is 5.92 Å². The van der Waals surface area contributed by atoms with Crippen LogP contribution in [0.1, 0.15) is 45.1 Å². The van der Waals surface area contributed by atoms with Crippen LogP contribution in [0.15, 0.2) is 47.5 Å². The van der Waals surface area contributed by atoms with Gasteiger partial charge in [0.2, 0.25) is 0 Å². The first kappa shape index (κ1) is 24.5. The molecule has 1 aromatic heterocycles. The summed E-state index contributed by atoms with van der Waals surface area (Å²) >= 11 is 0. The minimum atomic E-state index is -3.38. The van der Waals surface area contributed by atoms with Crippen molar-refractivity contribution in [3.63, 3.8) is 0 Å². The Morgan fingerprint density at radius 2 is 1.79 bits per heavy atom. The van der Waals surface area contributed by atoms with Crippen LogP contribution >= 0.6 is 0 Å². The molecule has 4 rings (SSSR count). The van der Waals surface area contributed by atoms with E-state index in [2.05, 4.69) is 10.4 Å². The number of amides is 1. The highest BCUT2D eigenvalue weighted by molar-refractivity contribution is 7.92. The highest BCUT2D eigenvalue weighted by Crippen LogP contribution is 2.36. The number of nitrogens with one attached hydrogen (secondary N) is 1. The van der Waals surface area contributed by atoms with Crippen LogP contribution in [0.3, 0.4) is 0 Å². The van der Waals surface area contributed by atoms with Crippen LogP contribution in [0.4, 0.5) is 14.6 Å². The van der Waals surface area contributed by atoms with Crippen LogP contribution in [-0.4, -0.2) is 52.4 Å². The number of aliphatic hydroxyl groups is 1. The van der Waals surface area contributed by atoms with Crippen LogP contribution in [-0.2, 0) is 21.2 Å². The SMILES string of the molecule is CC(C)(O)Cn1ccc(NC(=O)/C(=C/C2CC(F)C(F)C2)c2ccc(S(=O)(=O)C3CC3)cc2)n1. The number of hydrogen-bond donors (Lipinski definition) is 2. The predicted molar refractivity (Wildman–Crippen MR) is 124 cm³/mol. The van der Waals surface area contributed by atoms with Gasteiger partial charge in [-0.2, -0.15) is 5.10 Å². The molecule has 2 unspecified atom stereocenters. The van der Waals surface area contributed by atoms with Gasteiger partial charge in [0.1, 0.15) is 12.3 Å². The molecule has 10 heteroatoms. The number of aromatic nitrogens is 2. The van der Waals surface area contributed by atoms with E-state index in [1.54, 1.807) is 44.3 Å². The molecule has 2 saturated carbocycles. The molecule has 0 saturated heterocycles. The summed E-state index contributed by atoms with van der Waals surface area (Å²) in [6, 6.07) is 7.60. The zero-order valence-electron chi connectivity index (χ0n) is 19.1. The van der Waals surface area contributed by atoms with E-state index in [9.17, 15) is 27.1 Å². The van der Waals surface area contributed by atoms with Crippen LogP contribution in [0, 0.1) is 5.92 Å². The van der Waals surface area contributed by atoms with Crippen LogP contribution < -0.4 is 5.32 Å². The molecule has 0 radical (unpaired) electrons. The smallest absolute Gasteiger partial charge is 0.257 e. The normalized spacial score (nSPS) is 23.8. The van der Waals surface area contributed by atoms with Gasteiger partial charge in [-0.1, -0.05) is 18.2 Å². The molecule has 2 aromatic rings. The van der Waals surface area contributed by atoms with E-state index < -0.39 is 39.6 Å². The fourth-order valence-corrected chi connectivity index (χ4v) is 5.79. The van der Waals surface area contributed by atoms with E-state index in [1.165, 1.54) is 16.8 Å². The minimum Gasteiger partial charge on any atom is -0.389 e.